The summed E-state index contributed by atoms with van der Waals surface area (Å²) in [4.78, 5) is 10.6. The van der Waals surface area contributed by atoms with Crippen LogP contribution >= 0.6 is 0 Å². The Kier molecular flexibility index (Phi) is 3.08. The molecule has 1 heterocycles. The van der Waals surface area contributed by atoms with E-state index in [1.807, 2.05) is 13.0 Å². The van der Waals surface area contributed by atoms with Crippen LogP contribution in [0.4, 0.5) is 0 Å². The number of aryl methyl sites for hydroxylation is 1. The quantitative estimate of drug-likeness (QED) is 0.723. The lowest BCUT2D eigenvalue weighted by atomic mass is 10.0. The molecule has 1 aromatic heterocycles. The normalized spacial score (nSPS) is 12.8. The average molecular weight is 183 g/mol. The number of carbonyl (C=O) groups is 1. The third kappa shape index (κ3) is 2.32. The molecule has 0 saturated carbocycles. The molecule has 0 aliphatic carbocycles. The molecule has 0 bridgehead atoms. The third-order valence-corrected chi connectivity index (χ3v) is 2.03. The van der Waals surface area contributed by atoms with E-state index in [0.717, 1.165) is 5.56 Å². The highest BCUT2D eigenvalue weighted by atomic mass is 16.4. The number of carboxylic acid groups (broad SMARTS) is 1. The summed E-state index contributed by atoms with van der Waals surface area (Å²) in [5.74, 6) is -0.721. The molecule has 4 nitrogen and oxygen atoms in total. The van der Waals surface area contributed by atoms with Gasteiger partial charge < -0.3 is 15.3 Å². The zero-order chi connectivity index (χ0) is 9.84. The van der Waals surface area contributed by atoms with E-state index in [0.29, 0.717) is 12.2 Å². The van der Waals surface area contributed by atoms with E-state index < -0.39 is 11.9 Å². The molecule has 1 rings (SSSR count). The first-order valence-electron chi connectivity index (χ1n) is 4.11. The van der Waals surface area contributed by atoms with Crippen LogP contribution in [0.15, 0.2) is 16.7 Å². The summed E-state index contributed by atoms with van der Waals surface area (Å²) in [7, 11) is 0. The monoisotopic (exact) mass is 183 g/mol. The molecule has 72 valence electrons. The van der Waals surface area contributed by atoms with Crippen LogP contribution in [0.2, 0.25) is 0 Å². The molecular formula is C9H13NO3. The van der Waals surface area contributed by atoms with E-state index >= 15 is 0 Å². The van der Waals surface area contributed by atoms with Gasteiger partial charge in [0, 0.05) is 13.0 Å². The van der Waals surface area contributed by atoms with Crippen molar-refractivity contribution in [1.82, 2.24) is 0 Å². The highest BCUT2D eigenvalue weighted by molar-refractivity contribution is 5.70. The Balaban J connectivity index is 2.67. The number of carboxylic acids is 1. The van der Waals surface area contributed by atoms with Crippen molar-refractivity contribution < 1.29 is 14.3 Å². The van der Waals surface area contributed by atoms with Gasteiger partial charge in [0.15, 0.2) is 0 Å². The molecule has 13 heavy (non-hydrogen) atoms. The standard InChI is InChI=1S/C9H13NO3/c1-6-2-3-13-8(6)4-7(5-10)9(11)12/h2-3,7H,4-5,10H2,1H3,(H,11,12). The fourth-order valence-corrected chi connectivity index (χ4v) is 1.11. The molecule has 0 fully saturated rings. The molecule has 0 aliphatic heterocycles. The summed E-state index contributed by atoms with van der Waals surface area (Å²) < 4.78 is 5.13. The number of hydrogen-bond acceptors (Lipinski definition) is 3. The number of nitrogens with two attached hydrogens (primary N) is 1. The lowest BCUT2D eigenvalue weighted by molar-refractivity contribution is -0.141. The Morgan fingerprint density at radius 3 is 2.85 bits per heavy atom. The second kappa shape index (κ2) is 4.09. The van der Waals surface area contributed by atoms with Crippen LogP contribution in [0.5, 0.6) is 0 Å². The van der Waals surface area contributed by atoms with Crippen molar-refractivity contribution >= 4 is 5.97 Å². The number of rotatable bonds is 4. The molecule has 3 N–H and O–H groups in total. The third-order valence-electron chi connectivity index (χ3n) is 2.03. The Bertz CT molecular complexity index is 293. The van der Waals surface area contributed by atoms with Gasteiger partial charge in [-0.1, -0.05) is 0 Å². The second-order valence-electron chi connectivity index (χ2n) is 3.00. The van der Waals surface area contributed by atoms with Gasteiger partial charge in [0.1, 0.15) is 5.76 Å². The van der Waals surface area contributed by atoms with E-state index in [9.17, 15) is 4.79 Å². The maximum atomic E-state index is 10.6. The van der Waals surface area contributed by atoms with Crippen molar-refractivity contribution in [3.63, 3.8) is 0 Å². The zero-order valence-electron chi connectivity index (χ0n) is 7.49. The van der Waals surface area contributed by atoms with Crippen molar-refractivity contribution in [2.24, 2.45) is 11.7 Å². The van der Waals surface area contributed by atoms with Gasteiger partial charge in [-0.3, -0.25) is 4.79 Å². The van der Waals surface area contributed by atoms with E-state index in [1.165, 1.54) is 0 Å². The van der Waals surface area contributed by atoms with Crippen LogP contribution in [0.3, 0.4) is 0 Å². The molecule has 0 aliphatic rings. The molecule has 0 saturated heterocycles. The molecular weight excluding hydrogens is 170 g/mol. The van der Waals surface area contributed by atoms with E-state index in [4.69, 9.17) is 15.3 Å². The minimum atomic E-state index is -0.877. The van der Waals surface area contributed by atoms with Gasteiger partial charge in [-0.05, 0) is 18.6 Å². The van der Waals surface area contributed by atoms with Crippen molar-refractivity contribution in [2.45, 2.75) is 13.3 Å². The molecule has 1 aromatic rings. The van der Waals surface area contributed by atoms with Gasteiger partial charge >= 0.3 is 5.97 Å². The van der Waals surface area contributed by atoms with E-state index in [1.54, 1.807) is 6.26 Å². The predicted octanol–water partition coefficient (Wildman–Crippen LogP) is 0.790. The molecule has 0 amide bonds. The number of aliphatic carboxylic acids is 1. The fraction of sp³-hybridized carbons (Fsp3) is 0.444. The van der Waals surface area contributed by atoms with Crippen LogP contribution < -0.4 is 5.73 Å². The van der Waals surface area contributed by atoms with Gasteiger partial charge in [0.05, 0.1) is 12.2 Å². The van der Waals surface area contributed by atoms with Crippen LogP contribution in [-0.4, -0.2) is 17.6 Å². The highest BCUT2D eigenvalue weighted by Gasteiger charge is 2.18. The number of furan rings is 1. The molecule has 0 radical (unpaired) electrons. The summed E-state index contributed by atoms with van der Waals surface area (Å²) in [6.07, 6.45) is 1.92. The minimum Gasteiger partial charge on any atom is -0.481 e. The minimum absolute atomic E-state index is 0.134. The smallest absolute Gasteiger partial charge is 0.308 e. The maximum Gasteiger partial charge on any atom is 0.308 e. The molecule has 0 aromatic carbocycles. The summed E-state index contributed by atoms with van der Waals surface area (Å²) in [6.45, 7) is 2.02. The highest BCUT2D eigenvalue weighted by Crippen LogP contribution is 2.13. The largest absolute Gasteiger partial charge is 0.481 e. The SMILES string of the molecule is Cc1ccoc1CC(CN)C(=O)O. The van der Waals surface area contributed by atoms with Crippen LogP contribution in [0, 0.1) is 12.8 Å². The molecule has 0 spiro atoms. The van der Waals surface area contributed by atoms with Gasteiger partial charge in [-0.2, -0.15) is 0 Å². The number of hydrogen-bond donors (Lipinski definition) is 2. The van der Waals surface area contributed by atoms with Crippen molar-refractivity contribution in [2.75, 3.05) is 6.54 Å². The molecule has 1 unspecified atom stereocenters. The van der Waals surface area contributed by atoms with Crippen molar-refractivity contribution in [3.8, 4) is 0 Å². The summed E-state index contributed by atoms with van der Waals surface area (Å²) >= 11 is 0. The van der Waals surface area contributed by atoms with E-state index in [-0.39, 0.29) is 6.54 Å². The molecule has 1 atom stereocenters. The zero-order valence-corrected chi connectivity index (χ0v) is 7.49. The van der Waals surface area contributed by atoms with Crippen LogP contribution in [-0.2, 0) is 11.2 Å². The van der Waals surface area contributed by atoms with Crippen molar-refractivity contribution in [3.05, 3.63) is 23.7 Å². The topological polar surface area (TPSA) is 76.5 Å². The Morgan fingerprint density at radius 2 is 2.46 bits per heavy atom. The summed E-state index contributed by atoms with van der Waals surface area (Å²) in [5.41, 5.74) is 6.29. The van der Waals surface area contributed by atoms with Gasteiger partial charge in [0.2, 0.25) is 0 Å². The second-order valence-corrected chi connectivity index (χ2v) is 3.00. The first-order valence-corrected chi connectivity index (χ1v) is 4.11. The Hall–Kier alpha value is -1.29. The fourth-order valence-electron chi connectivity index (χ4n) is 1.11. The predicted molar refractivity (Wildman–Crippen MR) is 47.3 cm³/mol. The Morgan fingerprint density at radius 1 is 1.77 bits per heavy atom. The lowest BCUT2D eigenvalue weighted by Crippen LogP contribution is -2.25. The maximum absolute atomic E-state index is 10.6. The van der Waals surface area contributed by atoms with Gasteiger partial charge in [-0.15, -0.1) is 0 Å². The van der Waals surface area contributed by atoms with Crippen molar-refractivity contribution in [1.29, 1.82) is 0 Å². The van der Waals surface area contributed by atoms with E-state index in [2.05, 4.69) is 0 Å². The summed E-state index contributed by atoms with van der Waals surface area (Å²) in [6, 6.07) is 1.81. The first kappa shape index (κ1) is 9.80. The van der Waals surface area contributed by atoms with Gasteiger partial charge in [0.25, 0.3) is 0 Å². The molecule has 4 heteroatoms. The van der Waals surface area contributed by atoms with Crippen LogP contribution in [0.1, 0.15) is 11.3 Å². The first-order chi connectivity index (χ1) is 6.15. The summed E-state index contributed by atoms with van der Waals surface area (Å²) in [5, 5.41) is 8.74. The average Bonchev–Trinajstić information content (AvgIpc) is 2.46. The van der Waals surface area contributed by atoms with Gasteiger partial charge in [-0.25, -0.2) is 0 Å². The lowest BCUT2D eigenvalue weighted by Gasteiger charge is -2.07. The Labute approximate surface area is 76.3 Å². The van der Waals surface area contributed by atoms with Crippen LogP contribution in [0.25, 0.3) is 0 Å².